The first-order chi connectivity index (χ1) is 8.70. The molecular weight excluding hydrogens is 226 g/mol. The summed E-state index contributed by atoms with van der Waals surface area (Å²) in [5.74, 6) is 0.840. The van der Waals surface area contributed by atoms with Crippen LogP contribution < -0.4 is 4.74 Å². The Morgan fingerprint density at radius 1 is 1.33 bits per heavy atom. The van der Waals surface area contributed by atoms with E-state index in [1.54, 1.807) is 12.1 Å². The van der Waals surface area contributed by atoms with Crippen LogP contribution in [0.25, 0.3) is 0 Å². The van der Waals surface area contributed by atoms with E-state index in [-0.39, 0.29) is 6.10 Å². The van der Waals surface area contributed by atoms with Crippen LogP contribution in [0.3, 0.4) is 0 Å². The predicted octanol–water partition coefficient (Wildman–Crippen LogP) is 2.75. The van der Waals surface area contributed by atoms with E-state index in [0.717, 1.165) is 18.6 Å². The van der Waals surface area contributed by atoms with E-state index >= 15 is 0 Å². The standard InChI is InChI=1S/C15H21NO2/c1-12(15-5-3-4-10-16(15)2)18-14-8-6-13(11-17)7-9-14/h6-9,11-12,15H,3-5,10H2,1-2H3. The van der Waals surface area contributed by atoms with E-state index in [1.165, 1.54) is 19.3 Å². The number of likely N-dealkylation sites (N-methyl/N-ethyl adjacent to an activating group) is 1. The number of piperidine rings is 1. The molecule has 0 aromatic heterocycles. The molecule has 1 fully saturated rings. The second-order valence-corrected chi connectivity index (χ2v) is 5.05. The maximum atomic E-state index is 10.6. The topological polar surface area (TPSA) is 29.5 Å². The normalized spacial score (nSPS) is 22.4. The zero-order chi connectivity index (χ0) is 13.0. The lowest BCUT2D eigenvalue weighted by Crippen LogP contribution is -2.45. The first-order valence-corrected chi connectivity index (χ1v) is 6.63. The van der Waals surface area contributed by atoms with E-state index in [0.29, 0.717) is 11.6 Å². The third-order valence-electron chi connectivity index (χ3n) is 3.71. The lowest BCUT2D eigenvalue weighted by Gasteiger charge is -2.36. The number of nitrogens with zero attached hydrogens (tertiary/aromatic N) is 1. The Labute approximate surface area is 109 Å². The zero-order valence-corrected chi connectivity index (χ0v) is 11.1. The summed E-state index contributed by atoms with van der Waals surface area (Å²) in [6.07, 6.45) is 4.80. The fourth-order valence-electron chi connectivity index (χ4n) is 2.61. The van der Waals surface area contributed by atoms with Gasteiger partial charge in [0.2, 0.25) is 0 Å². The largest absolute Gasteiger partial charge is 0.489 e. The van der Waals surface area contributed by atoms with Crippen molar-refractivity contribution in [3.8, 4) is 5.75 Å². The summed E-state index contributed by atoms with van der Waals surface area (Å²) in [5, 5.41) is 0. The van der Waals surface area contributed by atoms with Crippen molar-refractivity contribution in [2.45, 2.75) is 38.3 Å². The predicted molar refractivity (Wildman–Crippen MR) is 72.2 cm³/mol. The van der Waals surface area contributed by atoms with Gasteiger partial charge in [-0.05, 0) is 57.6 Å². The van der Waals surface area contributed by atoms with Gasteiger partial charge in [0.05, 0.1) is 0 Å². The number of benzene rings is 1. The number of likely N-dealkylation sites (tertiary alicyclic amines) is 1. The molecule has 0 amide bonds. The molecule has 2 unspecified atom stereocenters. The summed E-state index contributed by atoms with van der Waals surface area (Å²) in [6, 6.07) is 7.80. The van der Waals surface area contributed by atoms with Crippen LogP contribution in [-0.4, -0.2) is 36.9 Å². The second kappa shape index (κ2) is 6.01. The Morgan fingerprint density at radius 2 is 2.06 bits per heavy atom. The van der Waals surface area contributed by atoms with E-state index in [9.17, 15) is 4.79 Å². The molecule has 1 aliphatic rings. The van der Waals surface area contributed by atoms with Gasteiger partial charge < -0.3 is 4.74 Å². The van der Waals surface area contributed by atoms with Gasteiger partial charge in [0.25, 0.3) is 0 Å². The molecule has 1 heterocycles. The minimum absolute atomic E-state index is 0.178. The molecule has 1 saturated heterocycles. The number of aldehydes is 1. The number of carbonyl (C=O) groups is 1. The van der Waals surface area contributed by atoms with Crippen molar-refractivity contribution in [2.24, 2.45) is 0 Å². The molecule has 3 heteroatoms. The van der Waals surface area contributed by atoms with Crippen molar-refractivity contribution in [3.05, 3.63) is 29.8 Å². The Morgan fingerprint density at radius 3 is 2.67 bits per heavy atom. The molecule has 18 heavy (non-hydrogen) atoms. The SMILES string of the molecule is CC(Oc1ccc(C=O)cc1)C1CCCCN1C. The Hall–Kier alpha value is -1.35. The van der Waals surface area contributed by atoms with E-state index in [1.807, 2.05) is 12.1 Å². The van der Waals surface area contributed by atoms with Gasteiger partial charge >= 0.3 is 0 Å². The van der Waals surface area contributed by atoms with Crippen molar-refractivity contribution < 1.29 is 9.53 Å². The minimum atomic E-state index is 0.178. The molecule has 0 radical (unpaired) electrons. The van der Waals surface area contributed by atoms with Gasteiger partial charge in [0.15, 0.2) is 0 Å². The van der Waals surface area contributed by atoms with Crippen LogP contribution in [0.4, 0.5) is 0 Å². The van der Waals surface area contributed by atoms with E-state index < -0.39 is 0 Å². The fourth-order valence-corrected chi connectivity index (χ4v) is 2.61. The van der Waals surface area contributed by atoms with Crippen LogP contribution in [0.15, 0.2) is 24.3 Å². The van der Waals surface area contributed by atoms with Gasteiger partial charge in [-0.25, -0.2) is 0 Å². The van der Waals surface area contributed by atoms with Gasteiger partial charge in [-0.2, -0.15) is 0 Å². The van der Waals surface area contributed by atoms with Gasteiger partial charge in [0, 0.05) is 11.6 Å². The molecule has 3 nitrogen and oxygen atoms in total. The number of ether oxygens (including phenoxy) is 1. The first kappa shape index (κ1) is 13.1. The minimum Gasteiger partial charge on any atom is -0.489 e. The van der Waals surface area contributed by atoms with Crippen molar-refractivity contribution in [3.63, 3.8) is 0 Å². The highest BCUT2D eigenvalue weighted by Crippen LogP contribution is 2.22. The first-order valence-electron chi connectivity index (χ1n) is 6.63. The molecule has 0 aliphatic carbocycles. The summed E-state index contributed by atoms with van der Waals surface area (Å²) < 4.78 is 5.97. The molecule has 98 valence electrons. The quantitative estimate of drug-likeness (QED) is 0.766. The number of hydrogen-bond donors (Lipinski definition) is 0. The molecule has 0 bridgehead atoms. The Bertz CT molecular complexity index is 388. The van der Waals surface area contributed by atoms with Crippen molar-refractivity contribution in [1.29, 1.82) is 0 Å². The fraction of sp³-hybridized carbons (Fsp3) is 0.533. The number of hydrogen-bond acceptors (Lipinski definition) is 3. The molecule has 0 spiro atoms. The van der Waals surface area contributed by atoms with Crippen molar-refractivity contribution in [1.82, 2.24) is 4.90 Å². The zero-order valence-electron chi connectivity index (χ0n) is 11.1. The molecule has 0 saturated carbocycles. The van der Waals surface area contributed by atoms with Crippen LogP contribution in [0, 0.1) is 0 Å². The van der Waals surface area contributed by atoms with E-state index in [4.69, 9.17) is 4.74 Å². The Kier molecular flexibility index (Phi) is 4.37. The average Bonchev–Trinajstić information content (AvgIpc) is 2.40. The average molecular weight is 247 g/mol. The highest BCUT2D eigenvalue weighted by Gasteiger charge is 2.25. The van der Waals surface area contributed by atoms with Gasteiger partial charge in [-0.1, -0.05) is 6.42 Å². The van der Waals surface area contributed by atoms with Gasteiger partial charge in [-0.3, -0.25) is 9.69 Å². The lowest BCUT2D eigenvalue weighted by molar-refractivity contribution is 0.0686. The van der Waals surface area contributed by atoms with Crippen molar-refractivity contribution in [2.75, 3.05) is 13.6 Å². The molecular formula is C15H21NO2. The smallest absolute Gasteiger partial charge is 0.150 e. The number of carbonyl (C=O) groups excluding carboxylic acids is 1. The molecule has 1 aromatic rings. The second-order valence-electron chi connectivity index (χ2n) is 5.05. The molecule has 0 N–H and O–H groups in total. The summed E-state index contributed by atoms with van der Waals surface area (Å²) in [6.45, 7) is 3.28. The highest BCUT2D eigenvalue weighted by molar-refractivity contribution is 5.74. The number of rotatable bonds is 4. The van der Waals surface area contributed by atoms with Crippen LogP contribution in [-0.2, 0) is 0 Å². The molecule has 2 atom stereocenters. The Balaban J connectivity index is 1.96. The maximum absolute atomic E-state index is 10.6. The van der Waals surface area contributed by atoms with E-state index in [2.05, 4.69) is 18.9 Å². The molecule has 1 aliphatic heterocycles. The third-order valence-corrected chi connectivity index (χ3v) is 3.71. The van der Waals surface area contributed by atoms with Gasteiger partial charge in [0.1, 0.15) is 18.1 Å². The lowest BCUT2D eigenvalue weighted by atomic mass is 9.99. The summed E-state index contributed by atoms with van der Waals surface area (Å²) in [4.78, 5) is 13.0. The molecule has 1 aromatic carbocycles. The van der Waals surface area contributed by atoms with Crippen LogP contribution in [0.5, 0.6) is 5.75 Å². The van der Waals surface area contributed by atoms with Crippen LogP contribution >= 0.6 is 0 Å². The third kappa shape index (κ3) is 3.10. The van der Waals surface area contributed by atoms with Crippen LogP contribution in [0.1, 0.15) is 36.5 Å². The monoisotopic (exact) mass is 247 g/mol. The van der Waals surface area contributed by atoms with Crippen LogP contribution in [0.2, 0.25) is 0 Å². The summed E-state index contributed by atoms with van der Waals surface area (Å²) >= 11 is 0. The van der Waals surface area contributed by atoms with Crippen molar-refractivity contribution >= 4 is 6.29 Å². The van der Waals surface area contributed by atoms with Gasteiger partial charge in [-0.15, -0.1) is 0 Å². The molecule has 2 rings (SSSR count). The maximum Gasteiger partial charge on any atom is 0.150 e. The highest BCUT2D eigenvalue weighted by atomic mass is 16.5. The summed E-state index contributed by atoms with van der Waals surface area (Å²) in [5.41, 5.74) is 0.685. The summed E-state index contributed by atoms with van der Waals surface area (Å²) in [7, 11) is 2.17.